The predicted octanol–water partition coefficient (Wildman–Crippen LogP) is 3.56. The van der Waals surface area contributed by atoms with Crippen molar-refractivity contribution < 1.29 is 19.2 Å². The number of nitro benzene ring substituents is 1. The first-order valence-corrected chi connectivity index (χ1v) is 6.29. The molecule has 0 atom stereocenters. The van der Waals surface area contributed by atoms with Crippen LogP contribution in [0, 0.1) is 10.1 Å². The standard InChI is InChI=1S/C15H13NO5/c1-2-20-15(17)11-4-3-5-14(10-11)21-13-8-6-12(7-9-13)16(18)19/h3-10H,2H2,1H3. The number of esters is 1. The van der Waals surface area contributed by atoms with Crippen LogP contribution in [0.5, 0.6) is 11.5 Å². The number of nitrogens with zero attached hydrogens (tertiary/aromatic N) is 1. The second-order valence-corrected chi connectivity index (χ2v) is 4.10. The fourth-order valence-corrected chi connectivity index (χ4v) is 1.67. The van der Waals surface area contributed by atoms with E-state index in [2.05, 4.69) is 0 Å². The molecule has 2 aromatic rings. The van der Waals surface area contributed by atoms with Crippen molar-refractivity contribution in [3.63, 3.8) is 0 Å². The van der Waals surface area contributed by atoms with Crippen LogP contribution in [0.3, 0.4) is 0 Å². The summed E-state index contributed by atoms with van der Waals surface area (Å²) in [6.07, 6.45) is 0. The third-order valence-electron chi connectivity index (χ3n) is 2.63. The summed E-state index contributed by atoms with van der Waals surface area (Å²) in [5, 5.41) is 10.6. The highest BCUT2D eigenvalue weighted by Gasteiger charge is 2.09. The smallest absolute Gasteiger partial charge is 0.338 e. The summed E-state index contributed by atoms with van der Waals surface area (Å²) in [6, 6.07) is 12.2. The molecule has 0 radical (unpaired) electrons. The van der Waals surface area contributed by atoms with Crippen molar-refractivity contribution in [2.75, 3.05) is 6.61 Å². The summed E-state index contributed by atoms with van der Waals surface area (Å²) >= 11 is 0. The Bertz CT molecular complexity index is 651. The van der Waals surface area contributed by atoms with Crippen LogP contribution in [0.15, 0.2) is 48.5 Å². The van der Waals surface area contributed by atoms with E-state index in [-0.39, 0.29) is 5.69 Å². The predicted molar refractivity (Wildman–Crippen MR) is 75.6 cm³/mol. The van der Waals surface area contributed by atoms with Crippen LogP contribution < -0.4 is 4.74 Å². The highest BCUT2D eigenvalue weighted by Crippen LogP contribution is 2.24. The Morgan fingerprint density at radius 3 is 2.48 bits per heavy atom. The van der Waals surface area contributed by atoms with E-state index in [1.807, 2.05) is 0 Å². The summed E-state index contributed by atoms with van der Waals surface area (Å²) < 4.78 is 10.5. The quantitative estimate of drug-likeness (QED) is 0.477. The highest BCUT2D eigenvalue weighted by atomic mass is 16.6. The van der Waals surface area contributed by atoms with Crippen molar-refractivity contribution >= 4 is 11.7 Å². The Hall–Kier alpha value is -2.89. The van der Waals surface area contributed by atoms with E-state index in [4.69, 9.17) is 9.47 Å². The minimum Gasteiger partial charge on any atom is -0.462 e. The van der Waals surface area contributed by atoms with Gasteiger partial charge in [0, 0.05) is 12.1 Å². The molecule has 0 amide bonds. The minimum atomic E-state index is -0.481. The molecule has 6 nitrogen and oxygen atoms in total. The van der Waals surface area contributed by atoms with Gasteiger partial charge in [-0.25, -0.2) is 4.79 Å². The van der Waals surface area contributed by atoms with E-state index in [9.17, 15) is 14.9 Å². The van der Waals surface area contributed by atoms with Crippen molar-refractivity contribution in [2.24, 2.45) is 0 Å². The van der Waals surface area contributed by atoms with Gasteiger partial charge in [-0.3, -0.25) is 10.1 Å². The van der Waals surface area contributed by atoms with Gasteiger partial charge in [0.25, 0.3) is 5.69 Å². The summed E-state index contributed by atoms with van der Waals surface area (Å²) in [5.74, 6) is 0.475. The van der Waals surface area contributed by atoms with Crippen LogP contribution in [0.1, 0.15) is 17.3 Å². The number of benzene rings is 2. The molecule has 0 bridgehead atoms. The lowest BCUT2D eigenvalue weighted by atomic mass is 10.2. The van der Waals surface area contributed by atoms with Crippen LogP contribution in [0.2, 0.25) is 0 Å². The molecule has 0 aromatic heterocycles. The topological polar surface area (TPSA) is 78.7 Å². The molecule has 0 N–H and O–H groups in total. The molecule has 0 aliphatic heterocycles. The zero-order valence-corrected chi connectivity index (χ0v) is 11.3. The monoisotopic (exact) mass is 287 g/mol. The van der Waals surface area contributed by atoms with Crippen LogP contribution in [0.4, 0.5) is 5.69 Å². The van der Waals surface area contributed by atoms with Gasteiger partial charge in [-0.05, 0) is 37.3 Å². The molecule has 2 aromatic carbocycles. The summed E-state index contributed by atoms with van der Waals surface area (Å²) in [7, 11) is 0. The molecular weight excluding hydrogens is 274 g/mol. The molecule has 108 valence electrons. The van der Waals surface area contributed by atoms with Gasteiger partial charge in [-0.1, -0.05) is 6.07 Å². The molecule has 0 heterocycles. The number of carbonyl (C=O) groups excluding carboxylic acids is 1. The molecule has 6 heteroatoms. The molecule has 0 unspecified atom stereocenters. The second-order valence-electron chi connectivity index (χ2n) is 4.10. The summed E-state index contributed by atoms with van der Waals surface area (Å²) in [4.78, 5) is 21.7. The number of rotatable bonds is 5. The number of carbonyl (C=O) groups is 1. The van der Waals surface area contributed by atoms with Gasteiger partial charge in [0.15, 0.2) is 0 Å². The average molecular weight is 287 g/mol. The molecule has 0 aliphatic carbocycles. The van der Waals surface area contributed by atoms with Crippen molar-refractivity contribution in [1.82, 2.24) is 0 Å². The lowest BCUT2D eigenvalue weighted by molar-refractivity contribution is -0.384. The molecular formula is C15H13NO5. The van der Waals surface area contributed by atoms with E-state index in [0.29, 0.717) is 23.7 Å². The third-order valence-corrected chi connectivity index (χ3v) is 2.63. The molecule has 0 saturated heterocycles. The average Bonchev–Trinajstić information content (AvgIpc) is 2.48. The maximum Gasteiger partial charge on any atom is 0.338 e. The maximum atomic E-state index is 11.6. The molecule has 0 spiro atoms. The highest BCUT2D eigenvalue weighted by molar-refractivity contribution is 5.89. The Balaban J connectivity index is 2.14. The number of non-ortho nitro benzene ring substituents is 1. The van der Waals surface area contributed by atoms with E-state index in [0.717, 1.165) is 0 Å². The zero-order valence-electron chi connectivity index (χ0n) is 11.3. The summed E-state index contributed by atoms with van der Waals surface area (Å²) in [5.41, 5.74) is 0.374. The number of hydrogen-bond donors (Lipinski definition) is 0. The Morgan fingerprint density at radius 2 is 1.86 bits per heavy atom. The first-order valence-electron chi connectivity index (χ1n) is 6.29. The van der Waals surface area contributed by atoms with Gasteiger partial charge in [0.1, 0.15) is 11.5 Å². The third kappa shape index (κ3) is 3.79. The Labute approximate surface area is 121 Å². The molecule has 0 aliphatic rings. The molecule has 21 heavy (non-hydrogen) atoms. The van der Waals surface area contributed by atoms with Crippen LogP contribution >= 0.6 is 0 Å². The van der Waals surface area contributed by atoms with Gasteiger partial charge >= 0.3 is 5.97 Å². The molecule has 2 rings (SSSR count). The van der Waals surface area contributed by atoms with Crippen LogP contribution in [-0.4, -0.2) is 17.5 Å². The lowest BCUT2D eigenvalue weighted by Crippen LogP contribution is -2.04. The van der Waals surface area contributed by atoms with Gasteiger partial charge in [-0.15, -0.1) is 0 Å². The first-order chi connectivity index (χ1) is 10.1. The lowest BCUT2D eigenvalue weighted by Gasteiger charge is -2.07. The zero-order chi connectivity index (χ0) is 15.2. The van der Waals surface area contributed by atoms with Crippen molar-refractivity contribution in [3.8, 4) is 11.5 Å². The first kappa shape index (κ1) is 14.5. The fraction of sp³-hybridized carbons (Fsp3) is 0.133. The van der Waals surface area contributed by atoms with Crippen LogP contribution in [0.25, 0.3) is 0 Å². The van der Waals surface area contributed by atoms with Crippen molar-refractivity contribution in [1.29, 1.82) is 0 Å². The van der Waals surface area contributed by atoms with E-state index in [1.54, 1.807) is 31.2 Å². The van der Waals surface area contributed by atoms with Gasteiger partial charge in [0.05, 0.1) is 17.1 Å². The number of nitro groups is 1. The van der Waals surface area contributed by atoms with Crippen LogP contribution in [-0.2, 0) is 4.74 Å². The van der Waals surface area contributed by atoms with E-state index < -0.39 is 10.9 Å². The van der Waals surface area contributed by atoms with Gasteiger partial charge < -0.3 is 9.47 Å². The minimum absolute atomic E-state index is 0.0115. The Kier molecular flexibility index (Phi) is 4.50. The number of hydrogen-bond acceptors (Lipinski definition) is 5. The number of ether oxygens (including phenoxy) is 2. The maximum absolute atomic E-state index is 11.6. The van der Waals surface area contributed by atoms with Gasteiger partial charge in [-0.2, -0.15) is 0 Å². The normalized spacial score (nSPS) is 9.95. The van der Waals surface area contributed by atoms with Gasteiger partial charge in [0.2, 0.25) is 0 Å². The largest absolute Gasteiger partial charge is 0.462 e. The van der Waals surface area contributed by atoms with Crippen molar-refractivity contribution in [2.45, 2.75) is 6.92 Å². The van der Waals surface area contributed by atoms with Crippen molar-refractivity contribution in [3.05, 3.63) is 64.2 Å². The summed E-state index contributed by atoms with van der Waals surface area (Å²) in [6.45, 7) is 2.03. The fourth-order valence-electron chi connectivity index (χ4n) is 1.67. The molecule has 0 fully saturated rings. The van der Waals surface area contributed by atoms with E-state index in [1.165, 1.54) is 24.3 Å². The van der Waals surface area contributed by atoms with E-state index >= 15 is 0 Å². The second kappa shape index (κ2) is 6.51. The molecule has 0 saturated carbocycles. The Morgan fingerprint density at radius 1 is 1.14 bits per heavy atom. The SMILES string of the molecule is CCOC(=O)c1cccc(Oc2ccc([N+](=O)[O-])cc2)c1.